The summed E-state index contributed by atoms with van der Waals surface area (Å²) in [5.74, 6) is -7.63. The van der Waals surface area contributed by atoms with Crippen molar-refractivity contribution in [3.63, 3.8) is 0 Å². The molecule has 3 heterocycles. The van der Waals surface area contributed by atoms with E-state index in [-0.39, 0.29) is 11.7 Å². The van der Waals surface area contributed by atoms with Gasteiger partial charge >= 0.3 is 36.4 Å². The van der Waals surface area contributed by atoms with Crippen LogP contribution in [-0.4, -0.2) is 55.4 Å². The van der Waals surface area contributed by atoms with E-state index >= 15 is 0 Å². The number of unbranched alkanes of at least 4 members (excludes halogenated alkanes) is 2. The summed E-state index contributed by atoms with van der Waals surface area (Å²) in [6.07, 6.45) is -8.10. The fourth-order valence-electron chi connectivity index (χ4n) is 6.01. The van der Waals surface area contributed by atoms with E-state index in [0.717, 1.165) is 84.5 Å². The number of ether oxygens (including phenoxy) is 1. The Balaban J connectivity index is 0.000000206. The number of alkyl halides is 9. The molecule has 0 aliphatic heterocycles. The fraction of sp³-hybridized carbons (Fsp3) is 0.239. The van der Waals surface area contributed by atoms with Crippen LogP contribution in [0.3, 0.4) is 0 Å². The summed E-state index contributed by atoms with van der Waals surface area (Å²) < 4.78 is 112. The molecule has 0 amide bonds. The Morgan fingerprint density at radius 2 is 1.06 bits per heavy atom. The minimum absolute atomic E-state index is 0.0552. The first kappa shape index (κ1) is 52.0. The molecule has 0 atom stereocenters. The first-order chi connectivity index (χ1) is 32.3. The molecular weight excluding hydrogens is 952 g/mol. The van der Waals surface area contributed by atoms with Crippen molar-refractivity contribution < 1.29 is 63.6 Å². The number of hydrogen-bond donors (Lipinski definition) is 2. The molecule has 358 valence electrons. The van der Waals surface area contributed by atoms with Gasteiger partial charge in [0.1, 0.15) is 0 Å². The van der Waals surface area contributed by atoms with Gasteiger partial charge in [-0.15, -0.1) is 22.7 Å². The zero-order valence-corrected chi connectivity index (χ0v) is 36.9. The van der Waals surface area contributed by atoms with E-state index in [9.17, 15) is 49.1 Å². The van der Waals surface area contributed by atoms with Crippen molar-refractivity contribution in [2.75, 3.05) is 0 Å². The summed E-state index contributed by atoms with van der Waals surface area (Å²) in [5.41, 5.74) is 13.5. The number of hydrogen-bond acceptors (Lipinski definition) is 12. The first-order valence-electron chi connectivity index (χ1n) is 20.3. The Morgan fingerprint density at radius 3 is 1.51 bits per heavy atom. The van der Waals surface area contributed by atoms with Crippen molar-refractivity contribution in [1.29, 1.82) is 0 Å². The molecule has 22 heteroatoms. The number of nitrogens with two attached hydrogens (primary N) is 1. The second-order valence-electron chi connectivity index (χ2n) is 14.4. The minimum atomic E-state index is -5.62. The lowest BCUT2D eigenvalue weighted by molar-refractivity contribution is -0.221. The molecule has 0 aliphatic rings. The smallest absolute Gasteiger partial charge is 0.409 e. The highest BCUT2D eigenvalue weighted by Gasteiger charge is 2.49. The molecule has 11 nitrogen and oxygen atoms in total. The number of esters is 2. The van der Waals surface area contributed by atoms with Gasteiger partial charge in [0.05, 0.1) is 21.4 Å². The second kappa shape index (κ2) is 24.2. The molecule has 0 bridgehead atoms. The minimum Gasteiger partial charge on any atom is -0.409 e. The lowest BCUT2D eigenvalue weighted by Crippen LogP contribution is -2.34. The third-order valence-electron chi connectivity index (χ3n) is 9.29. The fourth-order valence-corrected chi connectivity index (χ4v) is 7.71. The molecule has 0 radical (unpaired) electrons. The van der Waals surface area contributed by atoms with Crippen LogP contribution in [0.4, 0.5) is 39.5 Å². The van der Waals surface area contributed by atoms with Crippen LogP contribution < -0.4 is 5.73 Å². The number of aromatic nitrogens is 4. The van der Waals surface area contributed by atoms with Gasteiger partial charge in [-0.1, -0.05) is 107 Å². The highest BCUT2D eigenvalue weighted by molar-refractivity contribution is 7.10. The van der Waals surface area contributed by atoms with Crippen molar-refractivity contribution >= 4 is 40.4 Å². The molecule has 7 rings (SSSR count). The molecule has 0 spiro atoms. The van der Waals surface area contributed by atoms with Crippen molar-refractivity contribution in [2.24, 2.45) is 10.9 Å². The van der Waals surface area contributed by atoms with Gasteiger partial charge in [0.15, 0.2) is 5.84 Å². The molecular formula is C46H39F9N6O5S2. The normalized spacial score (nSPS) is 11.8. The molecule has 7 aromatic rings. The number of halogens is 9. The van der Waals surface area contributed by atoms with Gasteiger partial charge in [-0.3, -0.25) is 0 Å². The zero-order chi connectivity index (χ0) is 49.3. The van der Waals surface area contributed by atoms with E-state index in [2.05, 4.69) is 53.5 Å². The monoisotopic (exact) mass is 990 g/mol. The number of oxime groups is 1. The maximum atomic E-state index is 12.6. The predicted molar refractivity (Wildman–Crippen MR) is 235 cm³/mol. The number of benzene rings is 4. The van der Waals surface area contributed by atoms with Crippen LogP contribution in [0, 0.1) is 0 Å². The summed E-state index contributed by atoms with van der Waals surface area (Å²) in [5, 5.41) is 21.8. The van der Waals surface area contributed by atoms with E-state index in [1.54, 1.807) is 34.8 Å². The molecule has 0 saturated heterocycles. The van der Waals surface area contributed by atoms with Gasteiger partial charge in [-0.2, -0.15) is 44.5 Å². The first-order valence-corrected chi connectivity index (χ1v) is 22.0. The third-order valence-corrected chi connectivity index (χ3v) is 11.1. The van der Waals surface area contributed by atoms with Crippen LogP contribution >= 0.6 is 22.7 Å². The van der Waals surface area contributed by atoms with E-state index in [0.29, 0.717) is 5.56 Å². The summed E-state index contributed by atoms with van der Waals surface area (Å²) in [4.78, 5) is 32.2. The Hall–Kier alpha value is -6.94. The van der Waals surface area contributed by atoms with Crippen molar-refractivity contribution in [2.45, 2.75) is 69.9 Å². The summed E-state index contributed by atoms with van der Waals surface area (Å²) in [6.45, 7) is 0. The number of nitrogens with zero attached hydrogens (tertiary/aromatic N) is 5. The van der Waals surface area contributed by atoms with Gasteiger partial charge in [-0.25, -0.2) is 19.6 Å². The maximum Gasteiger partial charge on any atom is 0.491 e. The number of rotatable bonds is 14. The molecule has 3 aromatic heterocycles. The third kappa shape index (κ3) is 16.4. The largest absolute Gasteiger partial charge is 0.491 e. The number of aryl methyl sites for hydroxylation is 4. The lowest BCUT2D eigenvalue weighted by atomic mass is 10.0. The average Bonchev–Trinajstić information content (AvgIpc) is 4.12. The summed E-state index contributed by atoms with van der Waals surface area (Å²) in [7, 11) is 0. The zero-order valence-electron chi connectivity index (χ0n) is 35.3. The van der Waals surface area contributed by atoms with Crippen molar-refractivity contribution in [3.8, 4) is 33.9 Å². The van der Waals surface area contributed by atoms with Crippen LogP contribution in [0.1, 0.15) is 58.3 Å². The number of amidine groups is 1. The van der Waals surface area contributed by atoms with Gasteiger partial charge < -0.3 is 20.2 Å². The number of thiazole rings is 2. The second-order valence-corrected chi connectivity index (χ2v) is 16.3. The van der Waals surface area contributed by atoms with Gasteiger partial charge in [0.25, 0.3) is 0 Å². The summed E-state index contributed by atoms with van der Waals surface area (Å²) in [6, 6.07) is 35.4. The number of carbonyl (C=O) groups is 2. The van der Waals surface area contributed by atoms with Crippen molar-refractivity contribution in [3.05, 3.63) is 153 Å². The molecule has 0 aliphatic carbocycles. The van der Waals surface area contributed by atoms with Crippen LogP contribution in [-0.2, 0) is 46.2 Å². The van der Waals surface area contributed by atoms with Crippen LogP contribution in [0.5, 0.6) is 0 Å². The molecule has 4 aromatic carbocycles. The van der Waals surface area contributed by atoms with Crippen molar-refractivity contribution in [1.82, 2.24) is 20.1 Å². The highest BCUT2D eigenvalue weighted by Crippen LogP contribution is 2.30. The van der Waals surface area contributed by atoms with Crippen LogP contribution in [0.15, 0.2) is 130 Å². The van der Waals surface area contributed by atoms with Crippen LogP contribution in [0.25, 0.3) is 33.9 Å². The lowest BCUT2D eigenvalue weighted by Gasteiger charge is -2.06. The summed E-state index contributed by atoms with van der Waals surface area (Å²) >= 11 is 3.39. The Labute approximate surface area is 390 Å². The van der Waals surface area contributed by atoms with Crippen LogP contribution in [0.2, 0.25) is 0 Å². The van der Waals surface area contributed by atoms with E-state index in [4.69, 9.17) is 20.9 Å². The van der Waals surface area contributed by atoms with Gasteiger partial charge in [0, 0.05) is 33.0 Å². The topological polar surface area (TPSA) is 167 Å². The SMILES string of the molecule is FC(F)(F)c1nc(-c2cccc(CCCCc3nc(-c4ccccc4)cs3)c2)no1.N/C(=N\O)c1cccc(CCCCc2nc(-c3ccccc3)cs2)c1.O=C(OC(=O)C(F)(F)F)C(F)(F)F. The quantitative estimate of drug-likeness (QED) is 0.0156. The van der Waals surface area contributed by atoms with E-state index in [1.165, 1.54) is 16.1 Å². The Morgan fingerprint density at radius 1 is 0.603 bits per heavy atom. The molecule has 3 N–H and O–H groups in total. The molecule has 0 fully saturated rings. The molecule has 68 heavy (non-hydrogen) atoms. The molecule has 0 saturated carbocycles. The molecule has 0 unspecified atom stereocenters. The Bertz CT molecular complexity index is 2700. The van der Waals surface area contributed by atoms with Gasteiger partial charge in [0.2, 0.25) is 5.82 Å². The predicted octanol–water partition coefficient (Wildman–Crippen LogP) is 12.1. The number of carbonyl (C=O) groups excluding carboxylic acids is 2. The van der Waals surface area contributed by atoms with Gasteiger partial charge in [-0.05, 0) is 74.6 Å². The average molecular weight is 991 g/mol. The maximum absolute atomic E-state index is 12.6. The Kier molecular flexibility index (Phi) is 18.5. The van der Waals surface area contributed by atoms with E-state index < -0.39 is 36.4 Å². The standard InChI is InChI=1S/C22H18F3N3OS.C20H21N3OS.C4F6O3/c23-22(24,25)21-27-20(28-29-21)17-11-6-8-15(13-17)7-4-5-12-19-26-18(14-30-19)16-9-2-1-3-10-16;21-20(23-24)17-11-6-8-15(13-17)7-4-5-12-19-22-18(14-25-19)16-9-2-1-3-10-16;5-3(6,7)1(11)13-2(12)4(8,9)10/h1-3,6,8-11,13-14H,4-5,7,12H2;1-3,6,8-11,13-14,24H,4-5,7,12H2,(H2,21,23);. The highest BCUT2D eigenvalue weighted by atomic mass is 32.1. The van der Waals surface area contributed by atoms with E-state index in [1.807, 2.05) is 78.9 Å².